The number of pyridine rings is 1. The van der Waals surface area contributed by atoms with Crippen LogP contribution in [0.4, 0.5) is 5.69 Å². The summed E-state index contributed by atoms with van der Waals surface area (Å²) in [5, 5.41) is 4.09. The van der Waals surface area contributed by atoms with Crippen LogP contribution in [0, 0.1) is 0 Å². The van der Waals surface area contributed by atoms with E-state index in [4.69, 9.17) is 21.7 Å². The van der Waals surface area contributed by atoms with Crippen LogP contribution in [0.3, 0.4) is 0 Å². The van der Waals surface area contributed by atoms with Crippen LogP contribution in [0.1, 0.15) is 23.3 Å². The lowest BCUT2D eigenvalue weighted by molar-refractivity contribution is 0.394. The van der Waals surface area contributed by atoms with Gasteiger partial charge in [-0.25, -0.2) is 0 Å². The average molecular weight is 395 g/mol. The van der Waals surface area contributed by atoms with E-state index in [9.17, 15) is 0 Å². The summed E-state index contributed by atoms with van der Waals surface area (Å²) in [7, 11) is 5.30. The van der Waals surface area contributed by atoms with E-state index in [1.165, 1.54) is 0 Å². The number of methoxy groups -OCH3 is 2. The highest BCUT2D eigenvalue weighted by atomic mass is 32.1. The molecule has 2 unspecified atom stereocenters. The van der Waals surface area contributed by atoms with Crippen molar-refractivity contribution in [2.75, 3.05) is 19.1 Å². The first-order valence-electron chi connectivity index (χ1n) is 8.97. The second-order valence-electron chi connectivity index (χ2n) is 6.64. The predicted octanol–water partition coefficient (Wildman–Crippen LogP) is 3.61. The van der Waals surface area contributed by atoms with Crippen LogP contribution in [0.15, 0.2) is 61.1 Å². The molecule has 0 aliphatic carbocycles. The van der Waals surface area contributed by atoms with Gasteiger partial charge in [-0.2, -0.15) is 0 Å². The number of ether oxygens (including phenoxy) is 2. The maximum atomic E-state index is 5.75. The van der Waals surface area contributed by atoms with Crippen molar-refractivity contribution in [3.8, 4) is 11.5 Å². The summed E-state index contributed by atoms with van der Waals surface area (Å²) in [5.74, 6) is 1.43. The number of rotatable bonds is 5. The zero-order chi connectivity index (χ0) is 19.7. The zero-order valence-electron chi connectivity index (χ0n) is 16.0. The predicted molar refractivity (Wildman–Crippen MR) is 113 cm³/mol. The fourth-order valence-electron chi connectivity index (χ4n) is 3.64. The van der Waals surface area contributed by atoms with Gasteiger partial charge < -0.3 is 24.3 Å². The van der Waals surface area contributed by atoms with Gasteiger partial charge in [-0.05, 0) is 48.1 Å². The Morgan fingerprint density at radius 3 is 2.61 bits per heavy atom. The molecule has 2 aromatic heterocycles. The number of hydrogen-bond acceptors (Lipinski definition) is 4. The summed E-state index contributed by atoms with van der Waals surface area (Å²) < 4.78 is 13.0. The monoisotopic (exact) mass is 394 g/mol. The van der Waals surface area contributed by atoms with Crippen LogP contribution < -0.4 is 19.7 Å². The minimum Gasteiger partial charge on any atom is -0.497 e. The lowest BCUT2D eigenvalue weighted by atomic mass is 9.98. The van der Waals surface area contributed by atoms with Crippen molar-refractivity contribution in [1.82, 2.24) is 14.9 Å². The zero-order valence-corrected chi connectivity index (χ0v) is 16.8. The summed E-state index contributed by atoms with van der Waals surface area (Å²) in [6.45, 7) is 0. The van der Waals surface area contributed by atoms with Crippen LogP contribution in [0.5, 0.6) is 11.5 Å². The molecule has 1 aliphatic heterocycles. The lowest BCUT2D eigenvalue weighted by Gasteiger charge is -2.28. The molecule has 2 atom stereocenters. The molecule has 1 N–H and O–H groups in total. The van der Waals surface area contributed by atoms with Gasteiger partial charge in [-0.3, -0.25) is 4.98 Å². The largest absolute Gasteiger partial charge is 0.497 e. The van der Waals surface area contributed by atoms with E-state index < -0.39 is 0 Å². The number of nitrogens with one attached hydrogen (secondary N) is 1. The van der Waals surface area contributed by atoms with Crippen molar-refractivity contribution in [3.63, 3.8) is 0 Å². The molecule has 3 heterocycles. The van der Waals surface area contributed by atoms with Crippen LogP contribution in [0.25, 0.3) is 0 Å². The summed E-state index contributed by atoms with van der Waals surface area (Å²) in [5.41, 5.74) is 2.96. The van der Waals surface area contributed by atoms with Gasteiger partial charge in [0.05, 0.1) is 37.7 Å². The molecule has 144 valence electrons. The maximum absolute atomic E-state index is 5.75. The topological polar surface area (TPSA) is 51.5 Å². The summed E-state index contributed by atoms with van der Waals surface area (Å²) in [6, 6.07) is 13.6. The van der Waals surface area contributed by atoms with Crippen molar-refractivity contribution >= 4 is 23.0 Å². The van der Waals surface area contributed by atoms with Crippen molar-refractivity contribution in [2.45, 2.75) is 12.1 Å². The van der Waals surface area contributed by atoms with Crippen LogP contribution >= 0.6 is 12.2 Å². The molecular formula is C21H22N4O2S. The van der Waals surface area contributed by atoms with E-state index in [0.717, 1.165) is 22.7 Å². The maximum Gasteiger partial charge on any atom is 0.174 e. The minimum atomic E-state index is -0.0806. The van der Waals surface area contributed by atoms with Gasteiger partial charge in [0.1, 0.15) is 11.5 Å². The first-order chi connectivity index (χ1) is 13.6. The molecule has 1 saturated heterocycles. The number of aromatic nitrogens is 2. The summed E-state index contributed by atoms with van der Waals surface area (Å²) >= 11 is 5.75. The van der Waals surface area contributed by atoms with Gasteiger partial charge in [0.25, 0.3) is 0 Å². The van der Waals surface area contributed by atoms with E-state index in [1.54, 1.807) is 20.4 Å². The molecule has 3 aromatic rings. The fourth-order valence-corrected chi connectivity index (χ4v) is 3.98. The molecule has 0 saturated carbocycles. The number of thiocarbonyl (C=S) groups is 1. The molecule has 1 aliphatic rings. The summed E-state index contributed by atoms with van der Waals surface area (Å²) in [6.07, 6.45) is 5.95. The Labute approximate surface area is 169 Å². The van der Waals surface area contributed by atoms with E-state index in [2.05, 4.69) is 27.5 Å². The number of benzene rings is 1. The first kappa shape index (κ1) is 18.3. The van der Waals surface area contributed by atoms with Crippen LogP contribution in [-0.4, -0.2) is 28.9 Å². The Morgan fingerprint density at radius 2 is 1.96 bits per heavy atom. The highest BCUT2D eigenvalue weighted by molar-refractivity contribution is 7.80. The van der Waals surface area contributed by atoms with Gasteiger partial charge >= 0.3 is 0 Å². The molecule has 4 rings (SSSR count). The Balaban J connectivity index is 1.84. The molecule has 28 heavy (non-hydrogen) atoms. The first-order valence-corrected chi connectivity index (χ1v) is 9.37. The highest BCUT2D eigenvalue weighted by Crippen LogP contribution is 2.45. The third kappa shape index (κ3) is 3.18. The Hall–Kier alpha value is -3.06. The number of aryl methyl sites for hydroxylation is 1. The van der Waals surface area contributed by atoms with Crippen molar-refractivity contribution < 1.29 is 9.47 Å². The van der Waals surface area contributed by atoms with Gasteiger partial charge in [0.2, 0.25) is 0 Å². The minimum absolute atomic E-state index is 0.0640. The number of anilines is 1. The van der Waals surface area contributed by atoms with Gasteiger partial charge in [-0.1, -0.05) is 6.07 Å². The Bertz CT molecular complexity index is 989. The SMILES string of the molecule is COc1ccc(N2C(=S)NC(c3ccccn3)C2c2ccn(C)c2)c(OC)c1. The second-order valence-corrected chi connectivity index (χ2v) is 7.03. The standard InChI is InChI=1S/C21H22N4O2S/c1-24-11-9-14(13-24)20-19(16-6-4-5-10-22-16)23-21(28)25(20)17-8-7-15(26-2)12-18(17)27-3/h4-13,19-20H,1-3H3,(H,23,28). The molecule has 0 amide bonds. The number of hydrogen-bond donors (Lipinski definition) is 1. The van der Waals surface area contributed by atoms with E-state index in [-0.39, 0.29) is 12.1 Å². The van der Waals surface area contributed by atoms with Crippen LogP contribution in [-0.2, 0) is 7.05 Å². The molecule has 6 nitrogen and oxygen atoms in total. The van der Waals surface area contributed by atoms with Gasteiger partial charge in [0.15, 0.2) is 5.11 Å². The van der Waals surface area contributed by atoms with Crippen molar-refractivity contribution in [3.05, 3.63) is 72.3 Å². The second kappa shape index (κ2) is 7.52. The molecule has 1 aromatic carbocycles. The van der Waals surface area contributed by atoms with Gasteiger partial charge in [0, 0.05) is 31.7 Å². The van der Waals surface area contributed by atoms with E-state index >= 15 is 0 Å². The van der Waals surface area contributed by atoms with E-state index in [0.29, 0.717) is 10.9 Å². The lowest BCUT2D eigenvalue weighted by Crippen LogP contribution is -2.29. The molecule has 0 spiro atoms. The fraction of sp³-hybridized carbons (Fsp3) is 0.238. The van der Waals surface area contributed by atoms with Gasteiger partial charge in [-0.15, -0.1) is 0 Å². The number of nitrogens with zero attached hydrogens (tertiary/aromatic N) is 3. The van der Waals surface area contributed by atoms with Crippen molar-refractivity contribution in [2.24, 2.45) is 7.05 Å². The summed E-state index contributed by atoms with van der Waals surface area (Å²) in [4.78, 5) is 6.67. The smallest absolute Gasteiger partial charge is 0.174 e. The molecule has 7 heteroatoms. The highest BCUT2D eigenvalue weighted by Gasteiger charge is 2.42. The Morgan fingerprint density at radius 1 is 1.11 bits per heavy atom. The average Bonchev–Trinajstić information content (AvgIpc) is 3.30. The molecule has 0 radical (unpaired) electrons. The third-order valence-electron chi connectivity index (χ3n) is 4.94. The van der Waals surface area contributed by atoms with E-state index in [1.807, 2.05) is 54.2 Å². The quantitative estimate of drug-likeness (QED) is 0.667. The molecular weight excluding hydrogens is 372 g/mol. The third-order valence-corrected chi connectivity index (χ3v) is 5.26. The normalized spacial score (nSPS) is 18.8. The molecule has 1 fully saturated rings. The van der Waals surface area contributed by atoms with Crippen molar-refractivity contribution in [1.29, 1.82) is 0 Å². The molecule has 0 bridgehead atoms. The van der Waals surface area contributed by atoms with Crippen LogP contribution in [0.2, 0.25) is 0 Å². The Kier molecular flexibility index (Phi) is 4.92.